The van der Waals surface area contributed by atoms with Gasteiger partial charge in [-0.25, -0.2) is 28.4 Å². The molecule has 5 saturated carbocycles. The van der Waals surface area contributed by atoms with Crippen LogP contribution in [-0.4, -0.2) is 95.2 Å². The number of carboxylic acid groups (broad SMARTS) is 5. The largest absolute Gasteiger partial charge is 0.478 e. The summed E-state index contributed by atoms with van der Waals surface area (Å²) in [5, 5.41) is 69.3. The Morgan fingerprint density at radius 3 is 1.17 bits per heavy atom. The third kappa shape index (κ3) is 22.8. The highest BCUT2D eigenvalue weighted by atomic mass is 35.5. The number of hydrogen-bond acceptors (Lipinski definition) is 17. The molecular weight excluding hydrogens is 1950 g/mol. The second kappa shape index (κ2) is 43.4. The van der Waals surface area contributed by atoms with Gasteiger partial charge in [-0.15, -0.1) is 80.2 Å². The second-order valence-corrected chi connectivity index (χ2v) is 43.7. The Kier molecular flexibility index (Phi) is 31.4. The maximum absolute atomic E-state index is 13.9. The summed E-state index contributed by atoms with van der Waals surface area (Å²) in [5.41, 5.74) is 11.3. The Hall–Kier alpha value is -10.6. The summed E-state index contributed by atoms with van der Waals surface area (Å²) in [5.74, 6) is -3.24. The Labute approximate surface area is 831 Å². The van der Waals surface area contributed by atoms with Crippen LogP contribution in [0.4, 0.5) is 19.4 Å². The molecule has 692 valence electrons. The van der Waals surface area contributed by atoms with E-state index in [4.69, 9.17) is 58.0 Å². The number of rotatable bonds is 24. The molecular formula is C104H87Cl5FN3O15S7. The molecule has 6 aliphatic carbocycles. The predicted molar refractivity (Wildman–Crippen MR) is 541 cm³/mol. The summed E-state index contributed by atoms with van der Waals surface area (Å²) >= 11 is 38.7. The van der Waals surface area contributed by atoms with Crippen molar-refractivity contribution in [2.45, 2.75) is 142 Å². The van der Waals surface area contributed by atoms with E-state index in [0.29, 0.717) is 120 Å². The van der Waals surface area contributed by atoms with Crippen LogP contribution in [0.2, 0.25) is 25.1 Å². The zero-order valence-electron chi connectivity index (χ0n) is 72.0. The van der Waals surface area contributed by atoms with E-state index in [0.717, 1.165) is 86.6 Å². The van der Waals surface area contributed by atoms with Gasteiger partial charge in [0.1, 0.15) is 49.1 Å². The van der Waals surface area contributed by atoms with Gasteiger partial charge in [-0.3, -0.25) is 24.0 Å². The van der Waals surface area contributed by atoms with Crippen LogP contribution < -0.4 is 16.0 Å². The van der Waals surface area contributed by atoms with E-state index in [-0.39, 0.29) is 104 Å². The van der Waals surface area contributed by atoms with Crippen molar-refractivity contribution in [1.82, 2.24) is 0 Å². The minimum Gasteiger partial charge on any atom is -0.478 e. The normalized spacial score (nSPS) is 18.4. The number of hydrogen-bond donors (Lipinski definition) is 8. The van der Waals surface area contributed by atoms with E-state index in [1.807, 2.05) is 88.9 Å². The topological polar surface area (TPSA) is 308 Å². The molecule has 8 aromatic carbocycles. The van der Waals surface area contributed by atoms with Crippen LogP contribution in [0.1, 0.15) is 173 Å². The van der Waals surface area contributed by atoms with Crippen LogP contribution in [-0.2, 0) is 56.1 Å². The van der Waals surface area contributed by atoms with E-state index >= 15 is 0 Å². The molecule has 0 saturated heterocycles. The molecule has 0 radical (unpaired) electrons. The first-order valence-electron chi connectivity index (χ1n) is 43.7. The van der Waals surface area contributed by atoms with Crippen molar-refractivity contribution >= 4 is 212 Å². The van der Waals surface area contributed by atoms with E-state index in [2.05, 4.69) is 16.0 Å². The van der Waals surface area contributed by atoms with Crippen LogP contribution in [0.5, 0.6) is 0 Å². The highest BCUT2D eigenvalue weighted by Crippen LogP contribution is 2.61. The Morgan fingerprint density at radius 1 is 0.385 bits per heavy atom. The lowest BCUT2D eigenvalue weighted by Gasteiger charge is -2.55. The van der Waals surface area contributed by atoms with Crippen LogP contribution in [0.3, 0.4) is 0 Å². The first kappa shape index (κ1) is 97.5. The van der Waals surface area contributed by atoms with Gasteiger partial charge in [0.15, 0.2) is 0 Å². The average molecular weight is 2040 g/mol. The van der Waals surface area contributed by atoms with Crippen molar-refractivity contribution in [2.24, 2.45) is 29.1 Å². The van der Waals surface area contributed by atoms with E-state index in [1.165, 1.54) is 132 Å². The third-order valence-corrected chi connectivity index (χ3v) is 34.2. The first-order chi connectivity index (χ1) is 65.0. The number of benzene rings is 8. The number of thiophene rings is 5. The summed E-state index contributed by atoms with van der Waals surface area (Å²) in [6, 6.07) is 55.7. The summed E-state index contributed by atoms with van der Waals surface area (Å²) in [7, 11) is 0. The number of nitrogens with one attached hydrogen (secondary N) is 3. The van der Waals surface area contributed by atoms with Crippen LogP contribution in [0.15, 0.2) is 225 Å². The van der Waals surface area contributed by atoms with Gasteiger partial charge < -0.3 is 41.5 Å². The number of halogens is 6. The molecule has 0 spiro atoms. The molecule has 21 rings (SSSR count). The van der Waals surface area contributed by atoms with Gasteiger partial charge in [0.05, 0.1) is 27.0 Å². The van der Waals surface area contributed by atoms with Gasteiger partial charge >= 0.3 is 29.8 Å². The van der Waals surface area contributed by atoms with Gasteiger partial charge in [0, 0.05) is 119 Å². The van der Waals surface area contributed by atoms with Crippen molar-refractivity contribution in [3.8, 4) is 55.6 Å². The van der Waals surface area contributed by atoms with Gasteiger partial charge in [-0.1, -0.05) is 199 Å². The van der Waals surface area contributed by atoms with Crippen molar-refractivity contribution < 1.29 is 77.9 Å². The summed E-state index contributed by atoms with van der Waals surface area (Å²) in [6.45, 7) is 0. The number of carbonyl (C=O) groups is 10. The number of anilines is 3. The average Bonchev–Trinajstić information content (AvgIpc) is 0.758. The minimum absolute atomic E-state index is 0.0265. The smallest absolute Gasteiger partial charge is 0.339 e. The molecule has 8 N–H and O–H groups in total. The fraction of sp³-hybridized carbons (Fsp3) is 0.250. The highest BCUT2D eigenvalue weighted by Gasteiger charge is 2.55. The van der Waals surface area contributed by atoms with Crippen molar-refractivity contribution in [1.29, 1.82) is 0 Å². The molecule has 8 aliphatic rings. The second-order valence-electron chi connectivity index (χ2n) is 34.4. The quantitative estimate of drug-likeness (QED) is 0.0279. The molecule has 4 bridgehead atoms. The molecule has 5 aromatic heterocycles. The molecule has 18 nitrogen and oxygen atoms in total. The molecule has 13 aromatic rings. The minimum atomic E-state index is -1.13. The molecule has 7 heterocycles. The molecule has 2 aliphatic heterocycles. The lowest BCUT2D eigenvalue weighted by molar-refractivity contribution is -0.140. The van der Waals surface area contributed by atoms with E-state index in [1.54, 1.807) is 120 Å². The number of aromatic carboxylic acids is 5. The van der Waals surface area contributed by atoms with Gasteiger partial charge in [0.25, 0.3) is 0 Å². The number of thioether (sulfide) groups is 2. The van der Waals surface area contributed by atoms with Crippen LogP contribution in [0.25, 0.3) is 55.6 Å². The number of amides is 3. The summed E-state index contributed by atoms with van der Waals surface area (Å²) in [4.78, 5) is 126. The van der Waals surface area contributed by atoms with E-state index in [9.17, 15) is 77.9 Å². The van der Waals surface area contributed by atoms with Gasteiger partial charge in [0.2, 0.25) is 17.7 Å². The number of carboxylic acids is 5. The number of ketones is 2. The van der Waals surface area contributed by atoms with E-state index < -0.39 is 35.1 Å². The van der Waals surface area contributed by atoms with Crippen molar-refractivity contribution in [3.05, 3.63) is 306 Å². The fourth-order valence-electron chi connectivity index (χ4n) is 19.4. The van der Waals surface area contributed by atoms with Crippen molar-refractivity contribution in [2.75, 3.05) is 16.0 Å². The highest BCUT2D eigenvalue weighted by molar-refractivity contribution is 8.01. The van der Waals surface area contributed by atoms with Crippen molar-refractivity contribution in [3.63, 3.8) is 0 Å². The monoisotopic (exact) mass is 2040 g/mol. The molecule has 3 atom stereocenters. The standard InChI is InChI=1S/C22H22ClNO3S.C21H15ClO3S.C21H23ClO3S.C20H13ClFNO3S2.C20H14ClNO3S2/c23-16-3-1-15(2-4-16)17-11-28-19(18(17)20(25)26)24-21(27)22-8-12-5-13(9-22)7-14(6-12)10-22;22-14-7-5-12(6-8-14)17-11-26-19(20(17)21(24)25)10-18(23)16-9-13-3-1-2-4-15(13)16;22-16-9-7-15(8-10-16)18-13-26-19(20(18)21(24)25)12-17(23)11-6-14-4-2-1-3-5-14;21-11-6-4-10(5-7-11)13-9-27-19(17(13)20(25)26)23-18(24)16-8-12-14(22)2-1-3-15(12)28-16;21-13-7-5-11(6-8-13)14-10-26-19(17(14)20(24)25)22-18(23)16-9-12-3-1-2-4-15(12)27-16/h1-4,11-14H,5-10H2,(H,24,27)(H,25,26);1-8,11,16H,9-10H2,(H,24,25);7-10,13-14H,1-6,11-12H2,(H,24,25);1-7,9,16H,8H2,(H,23,24)(H,25,26);1-8,10,16H,9H2,(H,22,23)(H,24,25). The SMILES string of the molecule is O=C(CCC1CCCCC1)Cc1scc(-c2ccc(Cl)cc2)c1C(=O)O.O=C(O)c1c(-c2ccc(Cl)cc2)csc1CC(=O)C1Cc2ccccc21.O=C(O)c1c(-c2ccc(Cl)cc2)csc1NC(=O)C12CC3CC(CC(C3)C1)C2.O=C(O)c1c(-c2ccc(Cl)cc2)csc1NC(=O)C1Cc2c(F)cccc2S1.O=C(O)c1c(-c2ccc(Cl)cc2)csc1NC(=O)C1Cc2ccccc2S1. The summed E-state index contributed by atoms with van der Waals surface area (Å²) in [6.07, 6.45) is 16.5. The lowest BCUT2D eigenvalue weighted by atomic mass is 9.49. The summed E-state index contributed by atoms with van der Waals surface area (Å²) < 4.78 is 13.9. The third-order valence-electron chi connectivity index (χ3n) is 25.6. The first-order valence-corrected chi connectivity index (χ1v) is 51.8. The molecule has 5 fully saturated rings. The van der Waals surface area contributed by atoms with Crippen LogP contribution >= 0.6 is 138 Å². The fourth-order valence-corrected chi connectivity index (χ4v) is 27.4. The van der Waals surface area contributed by atoms with Gasteiger partial charge in [-0.2, -0.15) is 0 Å². The predicted octanol–water partition coefficient (Wildman–Crippen LogP) is 28.4. The molecule has 3 amide bonds. The Morgan fingerprint density at radius 2 is 0.756 bits per heavy atom. The Bertz CT molecular complexity index is 6620. The molecule has 3 unspecified atom stereocenters. The van der Waals surface area contributed by atoms with Gasteiger partial charge in [-0.05, 0) is 222 Å². The maximum Gasteiger partial charge on any atom is 0.339 e. The number of carbonyl (C=O) groups excluding carboxylic acids is 5. The maximum atomic E-state index is 13.9. The number of fused-ring (bicyclic) bond motifs is 3. The molecule has 31 heteroatoms. The Balaban J connectivity index is 0.000000123. The molecule has 135 heavy (non-hydrogen) atoms. The number of Topliss-reactive ketones (excluding diaryl/α,β-unsaturated/α-hetero) is 2. The van der Waals surface area contributed by atoms with Crippen LogP contribution in [0, 0.1) is 34.9 Å². The zero-order chi connectivity index (χ0) is 95.0. The zero-order valence-corrected chi connectivity index (χ0v) is 81.5. The lowest BCUT2D eigenvalue weighted by Crippen LogP contribution is -2.51.